The van der Waals surface area contributed by atoms with Gasteiger partial charge in [-0.3, -0.25) is 19.7 Å². The smallest absolute Gasteiger partial charge is 0.316 e. The number of ketones is 1. The van der Waals surface area contributed by atoms with E-state index in [4.69, 9.17) is 4.74 Å². The van der Waals surface area contributed by atoms with Crippen molar-refractivity contribution in [2.75, 3.05) is 17.7 Å². The van der Waals surface area contributed by atoms with Crippen LogP contribution in [0.4, 0.5) is 17.1 Å². The topological polar surface area (TPSA) is 111 Å². The van der Waals surface area contributed by atoms with Gasteiger partial charge in [0.05, 0.1) is 29.4 Å². The van der Waals surface area contributed by atoms with Crippen molar-refractivity contribution in [1.82, 2.24) is 0 Å². The van der Waals surface area contributed by atoms with Crippen LogP contribution in [-0.2, 0) is 14.3 Å². The second-order valence-electron chi connectivity index (χ2n) is 7.54. The molecule has 8 heteroatoms. The van der Waals surface area contributed by atoms with Gasteiger partial charge in [-0.15, -0.1) is 0 Å². The summed E-state index contributed by atoms with van der Waals surface area (Å²) in [5, 5.41) is 17.8. The van der Waals surface area contributed by atoms with Gasteiger partial charge in [0, 0.05) is 23.4 Å². The summed E-state index contributed by atoms with van der Waals surface area (Å²) in [5.74, 6) is -1.96. The number of allylic oxidation sites excluding steroid dienone is 1. The third kappa shape index (κ3) is 3.30. The lowest BCUT2D eigenvalue weighted by Crippen LogP contribution is -2.39. The molecule has 0 bridgehead atoms. The fraction of sp³-hybridized carbons (Fsp3) is 0.273. The second-order valence-corrected chi connectivity index (χ2v) is 7.54. The Balaban J connectivity index is 1.85. The van der Waals surface area contributed by atoms with E-state index in [0.29, 0.717) is 17.6 Å². The van der Waals surface area contributed by atoms with Crippen molar-refractivity contribution in [2.45, 2.75) is 19.4 Å². The molecule has 30 heavy (non-hydrogen) atoms. The van der Waals surface area contributed by atoms with Crippen LogP contribution >= 0.6 is 0 Å². The van der Waals surface area contributed by atoms with Crippen molar-refractivity contribution in [3.63, 3.8) is 0 Å². The first-order valence-corrected chi connectivity index (χ1v) is 9.62. The minimum absolute atomic E-state index is 0.0314. The summed E-state index contributed by atoms with van der Waals surface area (Å²) in [5.41, 5.74) is 3.48. The minimum Gasteiger partial charge on any atom is -0.468 e. The normalized spacial score (nSPS) is 22.7. The molecule has 0 spiro atoms. The van der Waals surface area contributed by atoms with Gasteiger partial charge in [0.25, 0.3) is 5.69 Å². The lowest BCUT2D eigenvalue weighted by atomic mass is 9.75. The van der Waals surface area contributed by atoms with Gasteiger partial charge in [-0.2, -0.15) is 0 Å². The van der Waals surface area contributed by atoms with E-state index in [0.717, 1.165) is 17.1 Å². The summed E-state index contributed by atoms with van der Waals surface area (Å²) >= 11 is 0. The Hall–Kier alpha value is -3.68. The molecule has 154 valence electrons. The Labute approximate surface area is 173 Å². The zero-order valence-corrected chi connectivity index (χ0v) is 16.5. The predicted molar refractivity (Wildman–Crippen MR) is 111 cm³/mol. The number of Topliss-reactive ketones (excluding diaryl/α,β-unsaturated/α-hetero) is 1. The number of carbonyl (C=O) groups is 2. The molecular weight excluding hydrogens is 386 g/mol. The predicted octanol–water partition coefficient (Wildman–Crippen LogP) is 3.83. The average Bonchev–Trinajstić information content (AvgIpc) is 2.90. The summed E-state index contributed by atoms with van der Waals surface area (Å²) in [7, 11) is 1.28. The Morgan fingerprint density at radius 1 is 1.13 bits per heavy atom. The molecule has 1 heterocycles. The number of benzene rings is 2. The van der Waals surface area contributed by atoms with Gasteiger partial charge in [-0.25, -0.2) is 0 Å². The van der Waals surface area contributed by atoms with E-state index in [1.54, 1.807) is 12.1 Å². The number of para-hydroxylation sites is 2. The number of nitro benzene ring substituents is 1. The number of nitro groups is 1. The fourth-order valence-corrected chi connectivity index (χ4v) is 4.17. The van der Waals surface area contributed by atoms with Gasteiger partial charge in [-0.1, -0.05) is 19.1 Å². The number of carbonyl (C=O) groups excluding carboxylic acids is 2. The van der Waals surface area contributed by atoms with E-state index in [9.17, 15) is 19.7 Å². The number of nitrogens with zero attached hydrogens (tertiary/aromatic N) is 1. The van der Waals surface area contributed by atoms with Crippen LogP contribution in [0.1, 0.15) is 24.9 Å². The number of ether oxygens (including phenoxy) is 1. The maximum absolute atomic E-state index is 13.5. The number of esters is 1. The van der Waals surface area contributed by atoms with Crippen LogP contribution in [0.15, 0.2) is 59.8 Å². The second kappa shape index (κ2) is 7.62. The van der Waals surface area contributed by atoms with E-state index in [2.05, 4.69) is 10.6 Å². The lowest BCUT2D eigenvalue weighted by Gasteiger charge is -2.32. The van der Waals surface area contributed by atoms with Crippen LogP contribution in [0.25, 0.3) is 0 Å². The molecule has 2 N–H and O–H groups in total. The van der Waals surface area contributed by atoms with E-state index >= 15 is 0 Å². The van der Waals surface area contributed by atoms with Crippen molar-refractivity contribution >= 4 is 28.8 Å². The van der Waals surface area contributed by atoms with Gasteiger partial charge < -0.3 is 15.4 Å². The molecule has 4 rings (SSSR count). The first-order chi connectivity index (χ1) is 14.4. The highest BCUT2D eigenvalue weighted by molar-refractivity contribution is 6.11. The molecule has 1 aliphatic heterocycles. The van der Waals surface area contributed by atoms with E-state index in [1.807, 2.05) is 31.2 Å². The number of non-ortho nitro benzene ring substituents is 1. The number of nitrogens with one attached hydrogen (secondary N) is 2. The molecule has 0 saturated carbocycles. The summed E-state index contributed by atoms with van der Waals surface area (Å²) in [6.45, 7) is 1.86. The summed E-state index contributed by atoms with van der Waals surface area (Å²) < 4.78 is 4.89. The molecule has 0 fully saturated rings. The number of fused-ring (bicyclic) bond motifs is 1. The van der Waals surface area contributed by atoms with Gasteiger partial charge in [-0.05, 0) is 42.2 Å². The standard InChI is InChI=1S/C22H21N3O5/c1-12-11-17-19(21(26)18(12)22(27)30-2)20(13-7-9-14(10-8-13)25(28)29)24-16-6-4-3-5-15(16)23-17/h3-10,12,18,20,23-24H,11H2,1-2H3/t12-,18-,20+/m0/s1. The fourth-order valence-electron chi connectivity index (χ4n) is 4.17. The van der Waals surface area contributed by atoms with Crippen LogP contribution in [-0.4, -0.2) is 23.8 Å². The molecule has 1 aliphatic carbocycles. The van der Waals surface area contributed by atoms with E-state index < -0.39 is 22.9 Å². The van der Waals surface area contributed by atoms with Crippen LogP contribution < -0.4 is 10.6 Å². The van der Waals surface area contributed by atoms with Gasteiger partial charge in [0.1, 0.15) is 5.92 Å². The zero-order valence-electron chi connectivity index (χ0n) is 16.5. The Morgan fingerprint density at radius 3 is 2.43 bits per heavy atom. The molecule has 2 aliphatic rings. The molecule has 0 unspecified atom stereocenters. The Bertz CT molecular complexity index is 1060. The SMILES string of the molecule is COC(=O)[C@@H]1C(=O)C2=C(C[C@@H]1C)Nc1ccccc1N[C@@H]2c1ccc([N+](=O)[O-])cc1. The van der Waals surface area contributed by atoms with Crippen LogP contribution in [0, 0.1) is 22.0 Å². The Kier molecular flexibility index (Phi) is 4.99. The average molecular weight is 407 g/mol. The van der Waals surface area contributed by atoms with Crippen LogP contribution in [0.3, 0.4) is 0 Å². The Morgan fingerprint density at radius 2 is 1.80 bits per heavy atom. The summed E-state index contributed by atoms with van der Waals surface area (Å²) in [4.78, 5) is 36.4. The quantitative estimate of drug-likeness (QED) is 0.344. The molecule has 3 atom stereocenters. The first-order valence-electron chi connectivity index (χ1n) is 9.62. The third-order valence-electron chi connectivity index (χ3n) is 5.66. The molecule has 0 radical (unpaired) electrons. The van der Waals surface area contributed by atoms with Gasteiger partial charge >= 0.3 is 5.97 Å². The molecule has 2 aromatic carbocycles. The first kappa shape index (κ1) is 19.6. The molecular formula is C22H21N3O5. The van der Waals surface area contributed by atoms with Crippen molar-refractivity contribution in [3.05, 3.63) is 75.5 Å². The van der Waals surface area contributed by atoms with Crippen molar-refractivity contribution in [2.24, 2.45) is 11.8 Å². The van der Waals surface area contributed by atoms with Crippen molar-refractivity contribution in [3.8, 4) is 0 Å². The lowest BCUT2D eigenvalue weighted by molar-refractivity contribution is -0.384. The third-order valence-corrected chi connectivity index (χ3v) is 5.66. The molecule has 0 saturated heterocycles. The van der Waals surface area contributed by atoms with Gasteiger partial charge in [0.2, 0.25) is 0 Å². The van der Waals surface area contributed by atoms with Crippen molar-refractivity contribution < 1.29 is 19.2 Å². The number of hydrogen-bond acceptors (Lipinski definition) is 7. The van der Waals surface area contributed by atoms with Crippen LogP contribution in [0.5, 0.6) is 0 Å². The number of hydrogen-bond donors (Lipinski definition) is 2. The maximum atomic E-state index is 13.5. The zero-order chi connectivity index (χ0) is 21.4. The van der Waals surface area contributed by atoms with Gasteiger partial charge in [0.15, 0.2) is 5.78 Å². The summed E-state index contributed by atoms with van der Waals surface area (Å²) in [6.07, 6.45) is 0.500. The maximum Gasteiger partial charge on any atom is 0.316 e. The molecule has 0 amide bonds. The highest BCUT2D eigenvalue weighted by atomic mass is 16.6. The molecule has 8 nitrogen and oxygen atoms in total. The van der Waals surface area contributed by atoms with Crippen LogP contribution in [0.2, 0.25) is 0 Å². The highest BCUT2D eigenvalue weighted by Crippen LogP contribution is 2.43. The van der Waals surface area contributed by atoms with Crippen molar-refractivity contribution in [1.29, 1.82) is 0 Å². The molecule has 0 aromatic heterocycles. The number of methoxy groups -OCH3 is 1. The van der Waals surface area contributed by atoms with E-state index in [-0.39, 0.29) is 17.4 Å². The minimum atomic E-state index is -0.890. The molecule has 2 aromatic rings. The number of anilines is 2. The summed E-state index contributed by atoms with van der Waals surface area (Å²) in [6, 6.07) is 13.1. The van der Waals surface area contributed by atoms with E-state index in [1.165, 1.54) is 19.2 Å². The number of rotatable bonds is 3. The monoisotopic (exact) mass is 407 g/mol. The largest absolute Gasteiger partial charge is 0.468 e. The highest BCUT2D eigenvalue weighted by Gasteiger charge is 2.44.